The molecule has 0 aromatic carbocycles. The van der Waals surface area contributed by atoms with Crippen molar-refractivity contribution < 1.29 is 43.8 Å². The molecule has 0 aromatic rings. The molecule has 0 spiro atoms. The van der Waals surface area contributed by atoms with E-state index in [-0.39, 0.29) is 66.1 Å². The summed E-state index contributed by atoms with van der Waals surface area (Å²) >= 11 is 0. The number of carbonyl (C=O) groups is 1. The van der Waals surface area contributed by atoms with Gasteiger partial charge in [0.25, 0.3) is 0 Å². The molecular weight excluding hydrogens is 221 g/mol. The Balaban J connectivity index is -0.0000000133. The van der Waals surface area contributed by atoms with Crippen LogP contribution in [0.4, 0.5) is 0 Å². The predicted octanol–water partition coefficient (Wildman–Crippen LogP) is 0.591. The maximum Gasteiger partial charge on any atom is 2.00 e. The molecule has 1 amide bonds. The molecule has 0 saturated heterocycles. The molecule has 9 heavy (non-hydrogen) atoms. The van der Waals surface area contributed by atoms with Crippen molar-refractivity contribution in [3.63, 3.8) is 0 Å². The van der Waals surface area contributed by atoms with E-state index < -0.39 is 0 Å². The predicted molar refractivity (Wildman–Crippen MR) is 32.0 cm³/mol. The third kappa shape index (κ3) is 53.3. The van der Waals surface area contributed by atoms with Crippen molar-refractivity contribution in [2.75, 3.05) is 0 Å². The van der Waals surface area contributed by atoms with E-state index in [0.29, 0.717) is 0 Å². The number of rotatable bonds is 1. The summed E-state index contributed by atoms with van der Waals surface area (Å²) < 4.78 is 0. The summed E-state index contributed by atoms with van der Waals surface area (Å²) in [4.78, 5) is 9.53. The van der Waals surface area contributed by atoms with E-state index in [1.807, 2.05) is 0 Å². The van der Waals surface area contributed by atoms with Gasteiger partial charge in [-0.2, -0.15) is 0 Å². The molecule has 0 aliphatic heterocycles. The summed E-state index contributed by atoms with van der Waals surface area (Å²) in [7, 11) is 0. The SMILES string of the molecule is [CH2-]CC(N)=O.[CH3-].[CH3-].[Zn+2].[Zn]. The fourth-order valence-corrected chi connectivity index (χ4v) is 0. The Bertz CT molecular complexity index is 50.2. The van der Waals surface area contributed by atoms with Gasteiger partial charge in [-0.1, -0.05) is 0 Å². The summed E-state index contributed by atoms with van der Waals surface area (Å²) in [5, 5.41) is 0. The summed E-state index contributed by atoms with van der Waals surface area (Å²) in [5.41, 5.74) is 4.59. The van der Waals surface area contributed by atoms with Crippen LogP contribution in [0.25, 0.3) is 0 Å². The van der Waals surface area contributed by atoms with Crippen LogP contribution < -0.4 is 5.73 Å². The first-order valence-electron chi connectivity index (χ1n) is 1.35. The van der Waals surface area contributed by atoms with Crippen LogP contribution in [0.15, 0.2) is 0 Å². The van der Waals surface area contributed by atoms with Crippen LogP contribution in [-0.2, 0) is 43.8 Å². The van der Waals surface area contributed by atoms with Gasteiger partial charge >= 0.3 is 19.5 Å². The van der Waals surface area contributed by atoms with Gasteiger partial charge in [0, 0.05) is 19.5 Å². The van der Waals surface area contributed by atoms with E-state index in [1.54, 1.807) is 0 Å². The maximum atomic E-state index is 9.53. The minimum atomic E-state index is -0.356. The maximum absolute atomic E-state index is 9.53. The van der Waals surface area contributed by atoms with E-state index >= 15 is 0 Å². The molecular formula is C5H12NOZn2-. The molecule has 0 aromatic heterocycles. The number of carbonyl (C=O) groups excluding carboxylic acids is 1. The molecule has 0 saturated carbocycles. The zero-order chi connectivity index (χ0) is 4.28. The van der Waals surface area contributed by atoms with Gasteiger partial charge in [0.1, 0.15) is 0 Å². The molecule has 0 radical (unpaired) electrons. The quantitative estimate of drug-likeness (QED) is 0.522. The third-order valence-corrected chi connectivity index (χ3v) is 0.246. The zero-order valence-corrected chi connectivity index (χ0v) is 12.2. The second-order valence-electron chi connectivity index (χ2n) is 0.716. The molecule has 0 bridgehead atoms. The van der Waals surface area contributed by atoms with E-state index in [4.69, 9.17) is 0 Å². The van der Waals surface area contributed by atoms with E-state index in [9.17, 15) is 4.79 Å². The third-order valence-electron chi connectivity index (χ3n) is 0.246. The van der Waals surface area contributed by atoms with Gasteiger partial charge in [0.15, 0.2) is 5.91 Å². The van der Waals surface area contributed by atoms with Crippen LogP contribution >= 0.6 is 0 Å². The second kappa shape index (κ2) is 23.3. The fraction of sp³-hybridized carbons (Fsp3) is 0.200. The Kier molecular flexibility index (Phi) is 86.0. The molecule has 2 N–H and O–H groups in total. The molecule has 0 atom stereocenters. The van der Waals surface area contributed by atoms with Crippen molar-refractivity contribution in [1.29, 1.82) is 0 Å². The van der Waals surface area contributed by atoms with Gasteiger partial charge in [0.05, 0.1) is 0 Å². The summed E-state index contributed by atoms with van der Waals surface area (Å²) in [6, 6.07) is 0. The molecule has 2 nitrogen and oxygen atoms in total. The minimum Gasteiger partial charge on any atom is -0.372 e. The first-order chi connectivity index (χ1) is 2.27. The number of primary amides is 1. The van der Waals surface area contributed by atoms with E-state index in [0.717, 1.165) is 0 Å². The molecule has 0 unspecified atom stereocenters. The molecule has 4 heteroatoms. The largest absolute Gasteiger partial charge is 2.00 e. The zero-order valence-electron chi connectivity index (χ0n) is 6.31. The smallest absolute Gasteiger partial charge is 0.372 e. The Labute approximate surface area is 83.5 Å². The fourth-order valence-electron chi connectivity index (χ4n) is 0. The summed E-state index contributed by atoms with van der Waals surface area (Å²) in [5.74, 6) is -0.356. The summed E-state index contributed by atoms with van der Waals surface area (Å²) in [6.45, 7) is 3.21. The average Bonchev–Trinajstić information content (AvgIpc) is 1.38. The van der Waals surface area contributed by atoms with Gasteiger partial charge < -0.3 is 27.5 Å². The molecule has 0 aliphatic carbocycles. The first kappa shape index (κ1) is 33.2. The average molecular weight is 233 g/mol. The van der Waals surface area contributed by atoms with E-state index in [2.05, 4.69) is 12.7 Å². The molecule has 0 fully saturated rings. The summed E-state index contributed by atoms with van der Waals surface area (Å²) in [6.07, 6.45) is 0.194. The topological polar surface area (TPSA) is 43.1 Å². The Morgan fingerprint density at radius 2 is 1.56 bits per heavy atom. The van der Waals surface area contributed by atoms with Crippen molar-refractivity contribution in [1.82, 2.24) is 0 Å². The first-order valence-corrected chi connectivity index (χ1v) is 1.35. The molecule has 0 rings (SSSR count). The number of nitrogens with two attached hydrogens (primary N) is 1. The van der Waals surface area contributed by atoms with Crippen molar-refractivity contribution in [2.24, 2.45) is 5.73 Å². The van der Waals surface area contributed by atoms with Crippen molar-refractivity contribution in [2.45, 2.75) is 6.42 Å². The van der Waals surface area contributed by atoms with Crippen LogP contribution in [0.5, 0.6) is 0 Å². The number of hydrogen-bond donors (Lipinski definition) is 1. The number of amides is 1. The van der Waals surface area contributed by atoms with Crippen molar-refractivity contribution in [3.8, 4) is 0 Å². The van der Waals surface area contributed by atoms with Gasteiger partial charge in [0.2, 0.25) is 0 Å². The Morgan fingerprint density at radius 3 is 1.56 bits per heavy atom. The monoisotopic (exact) mass is 230 g/mol. The Hall–Kier alpha value is 0.717. The second-order valence-corrected chi connectivity index (χ2v) is 0.716. The van der Waals surface area contributed by atoms with Gasteiger partial charge in [-0.05, 0) is 0 Å². The van der Waals surface area contributed by atoms with Crippen LogP contribution in [0.2, 0.25) is 0 Å². The van der Waals surface area contributed by atoms with Crippen LogP contribution in [0, 0.1) is 21.8 Å². The molecule has 0 aliphatic rings. The minimum absolute atomic E-state index is 0. The Morgan fingerprint density at radius 1 is 1.44 bits per heavy atom. The van der Waals surface area contributed by atoms with Crippen LogP contribution in [0.3, 0.4) is 0 Å². The molecule has 48 valence electrons. The van der Waals surface area contributed by atoms with Gasteiger partial charge in [-0.15, -0.1) is 6.42 Å². The van der Waals surface area contributed by atoms with Crippen LogP contribution in [0.1, 0.15) is 6.42 Å². The van der Waals surface area contributed by atoms with Crippen molar-refractivity contribution in [3.05, 3.63) is 21.8 Å². The van der Waals surface area contributed by atoms with E-state index in [1.165, 1.54) is 0 Å². The van der Waals surface area contributed by atoms with Crippen molar-refractivity contribution >= 4 is 5.91 Å². The van der Waals surface area contributed by atoms with Gasteiger partial charge in [-0.25, -0.2) is 0 Å². The number of hydrogen-bond acceptors (Lipinski definition) is 1. The van der Waals surface area contributed by atoms with Gasteiger partial charge in [-0.3, -0.25) is 4.79 Å². The van der Waals surface area contributed by atoms with Crippen LogP contribution in [-0.4, -0.2) is 5.91 Å². The normalized spacial score (nSPS) is 4.11. The standard InChI is InChI=1S/C3H6NO.2CH3.2Zn/c1-2-3(4)5;;;;/h1-2H2,(H2,4,5);2*1H3;;/q3*-1;;+2. The molecule has 0 heterocycles.